The monoisotopic (exact) mass is 233 g/mol. The number of anilines is 1. The van der Waals surface area contributed by atoms with Crippen LogP contribution in [0.4, 0.5) is 5.69 Å². The average Bonchev–Trinajstić information content (AvgIpc) is 3.15. The van der Waals surface area contributed by atoms with E-state index >= 15 is 0 Å². The highest BCUT2D eigenvalue weighted by Gasteiger charge is 2.29. The molecule has 1 fully saturated rings. The van der Waals surface area contributed by atoms with Crippen molar-refractivity contribution in [3.63, 3.8) is 0 Å². The molecule has 0 atom stereocenters. The molecule has 1 saturated carbocycles. The molecule has 0 spiro atoms. The summed E-state index contributed by atoms with van der Waals surface area (Å²) in [5.74, 6) is 5.04. The van der Waals surface area contributed by atoms with E-state index in [9.17, 15) is 9.59 Å². The number of carbonyl (C=O) groups excluding carboxylic acids is 2. The molecule has 0 heterocycles. The normalized spacial score (nSPS) is 14.2. The van der Waals surface area contributed by atoms with Crippen LogP contribution in [0.2, 0.25) is 0 Å². The Labute approximate surface area is 99.3 Å². The Morgan fingerprint density at radius 1 is 1.24 bits per heavy atom. The van der Waals surface area contributed by atoms with E-state index < -0.39 is 0 Å². The number of carbonyl (C=O) groups is 2. The van der Waals surface area contributed by atoms with Crippen LogP contribution in [0.15, 0.2) is 24.3 Å². The number of nitrogens with one attached hydrogen (secondary N) is 2. The van der Waals surface area contributed by atoms with Crippen molar-refractivity contribution in [2.24, 2.45) is 11.8 Å². The van der Waals surface area contributed by atoms with Crippen LogP contribution in [0, 0.1) is 5.92 Å². The molecule has 1 aliphatic rings. The minimum Gasteiger partial charge on any atom is -0.326 e. The molecular weight excluding hydrogens is 218 g/mol. The number of benzene rings is 1. The highest BCUT2D eigenvalue weighted by atomic mass is 16.2. The van der Waals surface area contributed by atoms with Crippen molar-refractivity contribution in [1.29, 1.82) is 0 Å². The fourth-order valence-corrected chi connectivity index (χ4v) is 1.53. The zero-order valence-electron chi connectivity index (χ0n) is 9.40. The lowest BCUT2D eigenvalue weighted by Crippen LogP contribution is -2.31. The molecule has 0 unspecified atom stereocenters. The van der Waals surface area contributed by atoms with E-state index in [4.69, 9.17) is 5.84 Å². The molecule has 0 aliphatic heterocycles. The van der Waals surface area contributed by atoms with Crippen molar-refractivity contribution in [2.75, 3.05) is 5.32 Å². The van der Waals surface area contributed by atoms with E-state index in [0.29, 0.717) is 0 Å². The summed E-state index contributed by atoms with van der Waals surface area (Å²) in [7, 11) is 0. The summed E-state index contributed by atoms with van der Waals surface area (Å²) < 4.78 is 0. The zero-order chi connectivity index (χ0) is 12.3. The van der Waals surface area contributed by atoms with Gasteiger partial charge in [0.2, 0.25) is 11.8 Å². The Bertz CT molecular complexity index is 424. The molecular formula is C12H15N3O2. The summed E-state index contributed by atoms with van der Waals surface area (Å²) in [6, 6.07) is 7.19. The number of rotatable bonds is 4. The number of amides is 2. The molecule has 1 aliphatic carbocycles. The second kappa shape index (κ2) is 4.97. The number of hydrazine groups is 1. The molecule has 0 aromatic heterocycles. The molecule has 0 saturated heterocycles. The van der Waals surface area contributed by atoms with Gasteiger partial charge < -0.3 is 5.32 Å². The standard InChI is InChI=1S/C12H15N3O2/c13-15-11(16)7-8-1-5-10(6-2-8)14-12(17)9-3-4-9/h1-2,5-6,9H,3-4,7,13H2,(H,14,17)(H,15,16). The summed E-state index contributed by atoms with van der Waals surface area (Å²) in [5.41, 5.74) is 3.70. The average molecular weight is 233 g/mol. The van der Waals surface area contributed by atoms with Gasteiger partial charge in [-0.15, -0.1) is 0 Å². The summed E-state index contributed by atoms with van der Waals surface area (Å²) in [6.45, 7) is 0. The fraction of sp³-hybridized carbons (Fsp3) is 0.333. The van der Waals surface area contributed by atoms with Gasteiger partial charge in [0, 0.05) is 11.6 Å². The van der Waals surface area contributed by atoms with Gasteiger partial charge in [-0.3, -0.25) is 15.0 Å². The third-order valence-electron chi connectivity index (χ3n) is 2.70. The van der Waals surface area contributed by atoms with Gasteiger partial charge in [0.05, 0.1) is 6.42 Å². The van der Waals surface area contributed by atoms with Gasteiger partial charge >= 0.3 is 0 Å². The fourth-order valence-electron chi connectivity index (χ4n) is 1.53. The SMILES string of the molecule is NNC(=O)Cc1ccc(NC(=O)C2CC2)cc1. The number of hydrogen-bond acceptors (Lipinski definition) is 3. The van der Waals surface area contributed by atoms with Gasteiger partial charge in [-0.25, -0.2) is 5.84 Å². The van der Waals surface area contributed by atoms with Gasteiger partial charge in [-0.05, 0) is 30.5 Å². The predicted octanol–water partition coefficient (Wildman–Crippen LogP) is 0.567. The summed E-state index contributed by atoms with van der Waals surface area (Å²) >= 11 is 0. The number of hydrogen-bond donors (Lipinski definition) is 3. The molecule has 4 N–H and O–H groups in total. The zero-order valence-corrected chi connectivity index (χ0v) is 9.40. The van der Waals surface area contributed by atoms with Crippen molar-refractivity contribution in [1.82, 2.24) is 5.43 Å². The predicted molar refractivity (Wildman–Crippen MR) is 63.8 cm³/mol. The summed E-state index contributed by atoms with van der Waals surface area (Å²) in [6.07, 6.45) is 2.22. The first-order valence-corrected chi connectivity index (χ1v) is 5.58. The van der Waals surface area contributed by atoms with Crippen LogP contribution in [0.25, 0.3) is 0 Å². The molecule has 2 amide bonds. The minimum absolute atomic E-state index is 0.0810. The first kappa shape index (κ1) is 11.6. The lowest BCUT2D eigenvalue weighted by Gasteiger charge is -2.05. The van der Waals surface area contributed by atoms with Gasteiger partial charge in [0.1, 0.15) is 0 Å². The van der Waals surface area contributed by atoms with Crippen LogP contribution in [-0.2, 0) is 16.0 Å². The molecule has 1 aromatic rings. The highest BCUT2D eigenvalue weighted by molar-refractivity contribution is 5.94. The molecule has 0 radical (unpaired) electrons. The lowest BCUT2D eigenvalue weighted by molar-refractivity contribution is -0.120. The summed E-state index contributed by atoms with van der Waals surface area (Å²) in [4.78, 5) is 22.5. The second-order valence-electron chi connectivity index (χ2n) is 4.20. The Hall–Kier alpha value is -1.88. The minimum atomic E-state index is -0.236. The maximum atomic E-state index is 11.5. The van der Waals surface area contributed by atoms with Crippen LogP contribution in [-0.4, -0.2) is 11.8 Å². The lowest BCUT2D eigenvalue weighted by atomic mass is 10.1. The first-order chi connectivity index (χ1) is 8.19. The van der Waals surface area contributed by atoms with Gasteiger partial charge in [-0.2, -0.15) is 0 Å². The van der Waals surface area contributed by atoms with Crippen LogP contribution < -0.4 is 16.6 Å². The molecule has 90 valence electrons. The van der Waals surface area contributed by atoms with E-state index in [-0.39, 0.29) is 24.2 Å². The molecule has 5 nitrogen and oxygen atoms in total. The van der Waals surface area contributed by atoms with E-state index in [0.717, 1.165) is 24.1 Å². The molecule has 2 rings (SSSR count). The molecule has 0 bridgehead atoms. The van der Waals surface area contributed by atoms with Gasteiger partial charge in [-0.1, -0.05) is 12.1 Å². The van der Waals surface area contributed by atoms with Crippen molar-refractivity contribution >= 4 is 17.5 Å². The van der Waals surface area contributed by atoms with E-state index in [1.165, 1.54) is 0 Å². The Balaban J connectivity index is 1.92. The van der Waals surface area contributed by atoms with E-state index in [1.54, 1.807) is 24.3 Å². The third-order valence-corrected chi connectivity index (χ3v) is 2.70. The number of nitrogens with two attached hydrogens (primary N) is 1. The topological polar surface area (TPSA) is 84.2 Å². The van der Waals surface area contributed by atoms with Gasteiger partial charge in [0.15, 0.2) is 0 Å². The van der Waals surface area contributed by atoms with Crippen molar-refractivity contribution in [3.8, 4) is 0 Å². The molecule has 5 heteroatoms. The van der Waals surface area contributed by atoms with Crippen LogP contribution in [0.1, 0.15) is 18.4 Å². The molecule has 1 aromatic carbocycles. The third kappa shape index (κ3) is 3.29. The van der Waals surface area contributed by atoms with Crippen LogP contribution in [0.3, 0.4) is 0 Å². The van der Waals surface area contributed by atoms with Crippen LogP contribution in [0.5, 0.6) is 0 Å². The van der Waals surface area contributed by atoms with Gasteiger partial charge in [0.25, 0.3) is 0 Å². The smallest absolute Gasteiger partial charge is 0.238 e. The van der Waals surface area contributed by atoms with E-state index in [1.807, 2.05) is 0 Å². The van der Waals surface area contributed by atoms with Crippen molar-refractivity contribution in [2.45, 2.75) is 19.3 Å². The maximum Gasteiger partial charge on any atom is 0.238 e. The van der Waals surface area contributed by atoms with Crippen molar-refractivity contribution < 1.29 is 9.59 Å². The largest absolute Gasteiger partial charge is 0.326 e. The van der Waals surface area contributed by atoms with E-state index in [2.05, 4.69) is 10.7 Å². The Morgan fingerprint density at radius 3 is 2.41 bits per heavy atom. The Morgan fingerprint density at radius 2 is 1.88 bits per heavy atom. The molecule has 17 heavy (non-hydrogen) atoms. The first-order valence-electron chi connectivity index (χ1n) is 5.58. The summed E-state index contributed by atoms with van der Waals surface area (Å²) in [5, 5.41) is 2.83. The quantitative estimate of drug-likeness (QED) is 0.404. The Kier molecular flexibility index (Phi) is 3.39. The highest BCUT2D eigenvalue weighted by Crippen LogP contribution is 2.30. The van der Waals surface area contributed by atoms with Crippen molar-refractivity contribution in [3.05, 3.63) is 29.8 Å². The maximum absolute atomic E-state index is 11.5. The van der Waals surface area contributed by atoms with Crippen LogP contribution >= 0.6 is 0 Å². The second-order valence-corrected chi connectivity index (χ2v) is 4.20.